The van der Waals surface area contributed by atoms with Crippen LogP contribution in [0.4, 0.5) is 0 Å². The molecule has 2 aliphatic carbocycles. The van der Waals surface area contributed by atoms with Crippen molar-refractivity contribution < 1.29 is 9.84 Å². The third-order valence-corrected chi connectivity index (χ3v) is 3.74. The number of aliphatic hydroxyl groups is 1. The van der Waals surface area contributed by atoms with E-state index in [1.54, 1.807) is 0 Å². The normalized spacial score (nSPS) is 37.9. The predicted octanol–water partition coefficient (Wildman–Crippen LogP) is 2.50. The fourth-order valence-corrected chi connectivity index (χ4v) is 2.43. The molecule has 14 heavy (non-hydrogen) atoms. The van der Waals surface area contributed by atoms with Crippen molar-refractivity contribution in [3.8, 4) is 0 Å². The van der Waals surface area contributed by atoms with Crippen LogP contribution in [0.15, 0.2) is 0 Å². The number of rotatable bonds is 2. The highest BCUT2D eigenvalue weighted by Gasteiger charge is 2.33. The maximum atomic E-state index is 9.15. The molecule has 0 radical (unpaired) electrons. The van der Waals surface area contributed by atoms with Gasteiger partial charge in [-0.25, -0.2) is 0 Å². The summed E-state index contributed by atoms with van der Waals surface area (Å²) in [6.45, 7) is 4.69. The Morgan fingerprint density at radius 3 is 2.14 bits per heavy atom. The summed E-state index contributed by atoms with van der Waals surface area (Å²) in [4.78, 5) is 0. The molecular formula is C12H22O2. The molecule has 0 atom stereocenters. The molecule has 0 aliphatic heterocycles. The topological polar surface area (TPSA) is 29.5 Å². The van der Waals surface area contributed by atoms with E-state index in [1.807, 2.05) is 0 Å². The maximum absolute atomic E-state index is 9.15. The minimum atomic E-state index is -0.0833. The van der Waals surface area contributed by atoms with Gasteiger partial charge in [-0.15, -0.1) is 0 Å². The monoisotopic (exact) mass is 198 g/mol. The van der Waals surface area contributed by atoms with Gasteiger partial charge in [-0.2, -0.15) is 0 Å². The molecule has 1 N–H and O–H groups in total. The lowest BCUT2D eigenvalue weighted by Crippen LogP contribution is -2.39. The Morgan fingerprint density at radius 1 is 1.07 bits per heavy atom. The Morgan fingerprint density at radius 2 is 1.64 bits per heavy atom. The van der Waals surface area contributed by atoms with Crippen LogP contribution in [0, 0.1) is 5.41 Å². The first-order valence-corrected chi connectivity index (χ1v) is 5.89. The SMILES string of the molecule is CC1(C)CCC(OC2CC(O)C2)CC1. The van der Waals surface area contributed by atoms with E-state index in [0.717, 1.165) is 12.8 Å². The molecule has 2 fully saturated rings. The summed E-state index contributed by atoms with van der Waals surface area (Å²) in [6, 6.07) is 0. The van der Waals surface area contributed by atoms with Crippen LogP contribution in [0.25, 0.3) is 0 Å². The molecule has 0 bridgehead atoms. The van der Waals surface area contributed by atoms with Gasteiger partial charge < -0.3 is 9.84 Å². The van der Waals surface area contributed by atoms with E-state index in [0.29, 0.717) is 17.6 Å². The number of hydrogen-bond donors (Lipinski definition) is 1. The van der Waals surface area contributed by atoms with Gasteiger partial charge in [0.05, 0.1) is 18.3 Å². The molecule has 0 spiro atoms. The van der Waals surface area contributed by atoms with Gasteiger partial charge in [-0.05, 0) is 43.9 Å². The van der Waals surface area contributed by atoms with Gasteiger partial charge in [-0.3, -0.25) is 0 Å². The zero-order valence-corrected chi connectivity index (χ0v) is 9.33. The molecule has 0 unspecified atom stereocenters. The van der Waals surface area contributed by atoms with Crippen LogP contribution in [-0.4, -0.2) is 23.4 Å². The molecule has 82 valence electrons. The first-order valence-electron chi connectivity index (χ1n) is 5.89. The van der Waals surface area contributed by atoms with Crippen LogP contribution in [-0.2, 0) is 4.74 Å². The molecule has 2 aliphatic rings. The zero-order chi connectivity index (χ0) is 10.2. The molecule has 0 aromatic carbocycles. The fraction of sp³-hybridized carbons (Fsp3) is 1.00. The van der Waals surface area contributed by atoms with Gasteiger partial charge in [0.25, 0.3) is 0 Å². The van der Waals surface area contributed by atoms with Crippen LogP contribution < -0.4 is 0 Å². The second kappa shape index (κ2) is 3.82. The van der Waals surface area contributed by atoms with Crippen LogP contribution in [0.1, 0.15) is 52.4 Å². The first kappa shape index (κ1) is 10.4. The lowest BCUT2D eigenvalue weighted by atomic mass is 9.76. The summed E-state index contributed by atoms with van der Waals surface area (Å²) in [6.07, 6.45) is 7.45. The third kappa shape index (κ3) is 2.48. The highest BCUT2D eigenvalue weighted by atomic mass is 16.5. The van der Waals surface area contributed by atoms with Crippen LogP contribution in [0.5, 0.6) is 0 Å². The Hall–Kier alpha value is -0.0800. The second-order valence-corrected chi connectivity index (χ2v) is 5.75. The summed E-state index contributed by atoms with van der Waals surface area (Å²) in [7, 11) is 0. The van der Waals surface area contributed by atoms with E-state index < -0.39 is 0 Å². The van der Waals surface area contributed by atoms with Crippen molar-refractivity contribution in [1.82, 2.24) is 0 Å². The Kier molecular flexibility index (Phi) is 2.85. The standard InChI is InChI=1S/C12H22O2/c1-12(2)5-3-10(4-6-12)14-11-7-9(13)8-11/h9-11,13H,3-8H2,1-2H3. The van der Waals surface area contributed by atoms with Crippen molar-refractivity contribution in [2.24, 2.45) is 5.41 Å². The summed E-state index contributed by atoms with van der Waals surface area (Å²) in [5.41, 5.74) is 0.527. The average Bonchev–Trinajstić information content (AvgIpc) is 2.06. The number of ether oxygens (including phenoxy) is 1. The van der Waals surface area contributed by atoms with Gasteiger partial charge in [-0.1, -0.05) is 13.8 Å². The van der Waals surface area contributed by atoms with Gasteiger partial charge >= 0.3 is 0 Å². The van der Waals surface area contributed by atoms with E-state index in [-0.39, 0.29) is 6.10 Å². The molecular weight excluding hydrogens is 176 g/mol. The van der Waals surface area contributed by atoms with Crippen LogP contribution >= 0.6 is 0 Å². The molecule has 2 rings (SSSR count). The van der Waals surface area contributed by atoms with Crippen molar-refractivity contribution in [1.29, 1.82) is 0 Å². The summed E-state index contributed by atoms with van der Waals surface area (Å²) < 4.78 is 5.93. The van der Waals surface area contributed by atoms with Crippen molar-refractivity contribution >= 4 is 0 Å². The smallest absolute Gasteiger partial charge is 0.0628 e. The molecule has 0 saturated heterocycles. The molecule has 0 aromatic heterocycles. The van der Waals surface area contributed by atoms with Crippen molar-refractivity contribution in [2.45, 2.75) is 70.7 Å². The lowest BCUT2D eigenvalue weighted by molar-refractivity contribution is -0.118. The maximum Gasteiger partial charge on any atom is 0.0628 e. The largest absolute Gasteiger partial charge is 0.393 e. The molecule has 2 heteroatoms. The Balaban J connectivity index is 1.69. The van der Waals surface area contributed by atoms with Gasteiger partial charge in [0.1, 0.15) is 0 Å². The van der Waals surface area contributed by atoms with Gasteiger partial charge in [0.2, 0.25) is 0 Å². The lowest BCUT2D eigenvalue weighted by Gasteiger charge is -2.39. The van der Waals surface area contributed by atoms with Crippen molar-refractivity contribution in [2.75, 3.05) is 0 Å². The van der Waals surface area contributed by atoms with Crippen molar-refractivity contribution in [3.63, 3.8) is 0 Å². The highest BCUT2D eigenvalue weighted by molar-refractivity contribution is 4.84. The number of hydrogen-bond acceptors (Lipinski definition) is 2. The van der Waals surface area contributed by atoms with E-state index in [1.165, 1.54) is 25.7 Å². The van der Waals surface area contributed by atoms with Crippen molar-refractivity contribution in [3.05, 3.63) is 0 Å². The Labute approximate surface area is 86.6 Å². The minimum Gasteiger partial charge on any atom is -0.393 e. The van der Waals surface area contributed by atoms with Gasteiger partial charge in [0.15, 0.2) is 0 Å². The first-order chi connectivity index (χ1) is 6.55. The average molecular weight is 198 g/mol. The number of aliphatic hydroxyl groups excluding tert-OH is 1. The van der Waals surface area contributed by atoms with Crippen LogP contribution in [0.3, 0.4) is 0 Å². The molecule has 0 heterocycles. The van der Waals surface area contributed by atoms with Crippen LogP contribution in [0.2, 0.25) is 0 Å². The predicted molar refractivity (Wildman–Crippen MR) is 56.2 cm³/mol. The fourth-order valence-electron chi connectivity index (χ4n) is 2.43. The molecule has 2 saturated carbocycles. The summed E-state index contributed by atoms with van der Waals surface area (Å²) in [5.74, 6) is 0. The summed E-state index contributed by atoms with van der Waals surface area (Å²) in [5, 5.41) is 9.15. The molecule has 0 aromatic rings. The summed E-state index contributed by atoms with van der Waals surface area (Å²) >= 11 is 0. The molecule has 0 amide bonds. The van der Waals surface area contributed by atoms with E-state index >= 15 is 0 Å². The van der Waals surface area contributed by atoms with E-state index in [4.69, 9.17) is 9.84 Å². The third-order valence-electron chi connectivity index (χ3n) is 3.74. The minimum absolute atomic E-state index is 0.0833. The quantitative estimate of drug-likeness (QED) is 0.738. The second-order valence-electron chi connectivity index (χ2n) is 5.75. The zero-order valence-electron chi connectivity index (χ0n) is 9.33. The highest BCUT2D eigenvalue weighted by Crippen LogP contribution is 2.37. The van der Waals surface area contributed by atoms with E-state index in [9.17, 15) is 0 Å². The van der Waals surface area contributed by atoms with Gasteiger partial charge in [0, 0.05) is 0 Å². The Bertz CT molecular complexity index is 184. The molecule has 2 nitrogen and oxygen atoms in total. The van der Waals surface area contributed by atoms with E-state index in [2.05, 4.69) is 13.8 Å².